The zero-order valence-electron chi connectivity index (χ0n) is 10.4. The molecule has 2 N–H and O–H groups in total. The van der Waals surface area contributed by atoms with Crippen LogP contribution in [0.2, 0.25) is 0 Å². The smallest absolute Gasteiger partial charge is 0.205 e. The number of aromatic amines is 1. The maximum absolute atomic E-state index is 4.12. The Kier molecular flexibility index (Phi) is 3.24. The molecule has 96 valence electrons. The Labute approximate surface area is 114 Å². The molecular formula is C13H13N5S. The number of hydrogen-bond donors (Lipinski definition) is 2. The van der Waals surface area contributed by atoms with Crippen LogP contribution < -0.4 is 5.32 Å². The Morgan fingerprint density at radius 1 is 1.21 bits per heavy atom. The van der Waals surface area contributed by atoms with E-state index in [0.29, 0.717) is 6.54 Å². The molecule has 6 heteroatoms. The standard InChI is InChI=1S/C13H13N5S/c1-9-16-18-13(19-9)14-7-11-8-15-17-12(11)10-5-3-2-4-6-10/h2-6,8H,7H2,1H3,(H,14,18)(H,15,17). The largest absolute Gasteiger partial charge is 0.356 e. The van der Waals surface area contributed by atoms with Gasteiger partial charge in [0.05, 0.1) is 11.9 Å². The summed E-state index contributed by atoms with van der Waals surface area (Å²) in [7, 11) is 0. The topological polar surface area (TPSA) is 66.5 Å². The number of hydrogen-bond acceptors (Lipinski definition) is 5. The molecule has 0 aliphatic rings. The maximum atomic E-state index is 4.12. The van der Waals surface area contributed by atoms with E-state index in [1.165, 1.54) is 0 Å². The summed E-state index contributed by atoms with van der Waals surface area (Å²) in [5.74, 6) is 0. The van der Waals surface area contributed by atoms with Crippen LogP contribution in [0.4, 0.5) is 5.13 Å². The summed E-state index contributed by atoms with van der Waals surface area (Å²) < 4.78 is 0. The number of nitrogens with zero attached hydrogens (tertiary/aromatic N) is 3. The van der Waals surface area contributed by atoms with E-state index in [1.807, 2.05) is 31.3 Å². The van der Waals surface area contributed by atoms with E-state index < -0.39 is 0 Å². The maximum Gasteiger partial charge on any atom is 0.205 e. The van der Waals surface area contributed by atoms with E-state index in [9.17, 15) is 0 Å². The molecule has 0 saturated carbocycles. The summed E-state index contributed by atoms with van der Waals surface area (Å²) in [6, 6.07) is 10.2. The molecule has 0 radical (unpaired) electrons. The highest BCUT2D eigenvalue weighted by molar-refractivity contribution is 7.15. The van der Waals surface area contributed by atoms with Gasteiger partial charge in [-0.25, -0.2) is 0 Å². The van der Waals surface area contributed by atoms with Crippen molar-refractivity contribution >= 4 is 16.5 Å². The van der Waals surface area contributed by atoms with Crippen LogP contribution >= 0.6 is 11.3 Å². The molecular weight excluding hydrogens is 258 g/mol. The number of benzene rings is 1. The third kappa shape index (κ3) is 2.63. The first kappa shape index (κ1) is 11.9. The van der Waals surface area contributed by atoms with E-state index in [-0.39, 0.29) is 0 Å². The lowest BCUT2D eigenvalue weighted by atomic mass is 10.1. The Bertz CT molecular complexity index is 658. The molecule has 19 heavy (non-hydrogen) atoms. The Morgan fingerprint density at radius 2 is 2.05 bits per heavy atom. The SMILES string of the molecule is Cc1nnc(NCc2cn[nH]c2-c2ccccc2)s1. The number of anilines is 1. The summed E-state index contributed by atoms with van der Waals surface area (Å²) in [5.41, 5.74) is 3.28. The van der Waals surface area contributed by atoms with Crippen LogP contribution in [0.15, 0.2) is 36.5 Å². The average molecular weight is 271 g/mol. The van der Waals surface area contributed by atoms with E-state index in [4.69, 9.17) is 0 Å². The first-order chi connectivity index (χ1) is 9.33. The van der Waals surface area contributed by atoms with Gasteiger partial charge in [0.1, 0.15) is 5.01 Å². The van der Waals surface area contributed by atoms with Crippen LogP contribution in [0.3, 0.4) is 0 Å². The van der Waals surface area contributed by atoms with Gasteiger partial charge in [-0.1, -0.05) is 41.7 Å². The summed E-state index contributed by atoms with van der Waals surface area (Å²) in [6.07, 6.45) is 1.84. The molecule has 0 unspecified atom stereocenters. The molecule has 3 aromatic rings. The van der Waals surface area contributed by atoms with Gasteiger partial charge < -0.3 is 5.32 Å². The van der Waals surface area contributed by atoms with Crippen molar-refractivity contribution in [3.8, 4) is 11.3 Å². The van der Waals surface area contributed by atoms with Crippen LogP contribution in [0.25, 0.3) is 11.3 Å². The summed E-state index contributed by atoms with van der Waals surface area (Å²) >= 11 is 1.55. The fraction of sp³-hybridized carbons (Fsp3) is 0.154. The van der Waals surface area contributed by atoms with Crippen molar-refractivity contribution in [2.75, 3.05) is 5.32 Å². The van der Waals surface area contributed by atoms with Gasteiger partial charge in [-0.05, 0) is 12.5 Å². The van der Waals surface area contributed by atoms with Crippen LogP contribution in [0.1, 0.15) is 10.6 Å². The van der Waals surface area contributed by atoms with Gasteiger partial charge in [0.2, 0.25) is 5.13 Å². The summed E-state index contributed by atoms with van der Waals surface area (Å²) in [4.78, 5) is 0. The van der Waals surface area contributed by atoms with Crippen molar-refractivity contribution in [3.63, 3.8) is 0 Å². The van der Waals surface area contributed by atoms with E-state index in [2.05, 4.69) is 37.8 Å². The second-order valence-electron chi connectivity index (χ2n) is 4.12. The van der Waals surface area contributed by atoms with E-state index in [1.54, 1.807) is 11.3 Å². The van der Waals surface area contributed by atoms with Crippen molar-refractivity contribution in [1.82, 2.24) is 20.4 Å². The zero-order valence-corrected chi connectivity index (χ0v) is 11.2. The van der Waals surface area contributed by atoms with Gasteiger partial charge in [-0.2, -0.15) is 5.10 Å². The van der Waals surface area contributed by atoms with Gasteiger partial charge in [-0.15, -0.1) is 10.2 Å². The third-order valence-corrected chi connectivity index (χ3v) is 3.53. The Hall–Kier alpha value is -2.21. The number of aromatic nitrogens is 4. The number of rotatable bonds is 4. The molecule has 0 spiro atoms. The van der Waals surface area contributed by atoms with Gasteiger partial charge in [0, 0.05) is 12.1 Å². The molecule has 0 amide bonds. The Balaban J connectivity index is 1.77. The van der Waals surface area contributed by atoms with Crippen molar-refractivity contribution in [2.45, 2.75) is 13.5 Å². The minimum absolute atomic E-state index is 0.676. The quantitative estimate of drug-likeness (QED) is 0.765. The minimum atomic E-state index is 0.676. The second-order valence-corrected chi connectivity index (χ2v) is 5.30. The van der Waals surface area contributed by atoms with E-state index >= 15 is 0 Å². The lowest BCUT2D eigenvalue weighted by molar-refractivity contribution is 1.03. The molecule has 0 saturated heterocycles. The van der Waals surface area contributed by atoms with Gasteiger partial charge in [-0.3, -0.25) is 5.10 Å². The molecule has 5 nitrogen and oxygen atoms in total. The summed E-state index contributed by atoms with van der Waals surface area (Å²) in [5, 5.41) is 20.2. The Morgan fingerprint density at radius 3 is 2.79 bits per heavy atom. The normalized spacial score (nSPS) is 10.6. The van der Waals surface area contributed by atoms with Crippen LogP contribution in [-0.2, 0) is 6.54 Å². The van der Waals surface area contributed by atoms with Gasteiger partial charge in [0.25, 0.3) is 0 Å². The molecule has 0 fully saturated rings. The molecule has 1 aromatic carbocycles. The fourth-order valence-corrected chi connectivity index (χ4v) is 2.43. The lowest BCUT2D eigenvalue weighted by Crippen LogP contribution is -1.99. The molecule has 0 atom stereocenters. The van der Waals surface area contributed by atoms with Crippen molar-refractivity contribution in [2.24, 2.45) is 0 Å². The van der Waals surface area contributed by atoms with Gasteiger partial charge >= 0.3 is 0 Å². The first-order valence-corrected chi connectivity index (χ1v) is 6.76. The predicted molar refractivity (Wildman–Crippen MR) is 76.0 cm³/mol. The first-order valence-electron chi connectivity index (χ1n) is 5.94. The van der Waals surface area contributed by atoms with Crippen LogP contribution in [0, 0.1) is 6.92 Å². The number of H-pyrrole nitrogens is 1. The molecule has 0 aliphatic carbocycles. The van der Waals surface area contributed by atoms with Crippen molar-refractivity contribution in [1.29, 1.82) is 0 Å². The number of aryl methyl sites for hydroxylation is 1. The highest BCUT2D eigenvalue weighted by atomic mass is 32.1. The monoisotopic (exact) mass is 271 g/mol. The third-order valence-electron chi connectivity index (χ3n) is 2.74. The molecule has 0 bridgehead atoms. The summed E-state index contributed by atoms with van der Waals surface area (Å²) in [6.45, 7) is 2.62. The van der Waals surface area contributed by atoms with Crippen molar-refractivity contribution in [3.05, 3.63) is 47.1 Å². The molecule has 0 aliphatic heterocycles. The zero-order chi connectivity index (χ0) is 13.1. The second kappa shape index (κ2) is 5.19. The minimum Gasteiger partial charge on any atom is -0.356 e. The van der Waals surface area contributed by atoms with Crippen molar-refractivity contribution < 1.29 is 0 Å². The molecule has 2 heterocycles. The molecule has 3 rings (SSSR count). The van der Waals surface area contributed by atoms with Crippen LogP contribution in [-0.4, -0.2) is 20.4 Å². The number of nitrogens with one attached hydrogen (secondary N) is 2. The van der Waals surface area contributed by atoms with E-state index in [0.717, 1.165) is 27.0 Å². The highest BCUT2D eigenvalue weighted by Crippen LogP contribution is 2.22. The molecule has 2 aromatic heterocycles. The predicted octanol–water partition coefficient (Wildman–Crippen LogP) is 2.85. The fourth-order valence-electron chi connectivity index (χ4n) is 1.84. The van der Waals surface area contributed by atoms with Crippen LogP contribution in [0.5, 0.6) is 0 Å². The highest BCUT2D eigenvalue weighted by Gasteiger charge is 2.08. The average Bonchev–Trinajstić information content (AvgIpc) is 3.06. The van der Waals surface area contributed by atoms with Gasteiger partial charge in [0.15, 0.2) is 0 Å². The lowest BCUT2D eigenvalue weighted by Gasteiger charge is -2.03.